The summed E-state index contributed by atoms with van der Waals surface area (Å²) in [4.78, 5) is 25.8. The minimum atomic E-state index is -0.447. The second-order valence-corrected chi connectivity index (χ2v) is 4.69. The van der Waals surface area contributed by atoms with Gasteiger partial charge in [0.05, 0.1) is 15.5 Å². The minimum Gasteiger partial charge on any atom is -0.352 e. The van der Waals surface area contributed by atoms with Crippen LogP contribution in [0.3, 0.4) is 0 Å². The molecule has 0 aliphatic rings. The van der Waals surface area contributed by atoms with Crippen LogP contribution in [0.15, 0.2) is 42.7 Å². The highest BCUT2D eigenvalue weighted by Crippen LogP contribution is 2.14. The third-order valence-electron chi connectivity index (χ3n) is 2.86. The topological polar surface area (TPSA) is 85.1 Å². The number of carbonyl (C=O) groups excluding carboxylic acids is 1. The fourth-order valence-corrected chi connectivity index (χ4v) is 1.96. The van der Waals surface area contributed by atoms with Gasteiger partial charge in [0.2, 0.25) is 0 Å². The summed E-state index contributed by atoms with van der Waals surface area (Å²) in [7, 11) is 0. The first-order valence-electron chi connectivity index (χ1n) is 6.19. The number of halogens is 1. The number of rotatable bonds is 5. The lowest BCUT2D eigenvalue weighted by Crippen LogP contribution is -2.26. The van der Waals surface area contributed by atoms with Crippen LogP contribution >= 0.6 is 11.6 Å². The molecule has 0 spiro atoms. The first-order valence-corrected chi connectivity index (χ1v) is 6.57. The Kier molecular flexibility index (Phi) is 4.84. The zero-order valence-corrected chi connectivity index (χ0v) is 11.7. The standard InChI is InChI=1S/C14H12ClN3O3/c15-13-9-16-7-6-12(13)14(19)17-8-5-10-1-3-11(4-2-10)18(20)21/h1-4,6-7,9H,5,8H2,(H,17,19). The molecule has 108 valence electrons. The quantitative estimate of drug-likeness (QED) is 0.679. The number of benzene rings is 1. The summed E-state index contributed by atoms with van der Waals surface area (Å²) in [5, 5.41) is 13.6. The first-order chi connectivity index (χ1) is 10.1. The smallest absolute Gasteiger partial charge is 0.269 e. The van der Waals surface area contributed by atoms with Crippen molar-refractivity contribution in [3.8, 4) is 0 Å². The van der Waals surface area contributed by atoms with E-state index in [1.54, 1.807) is 18.2 Å². The molecule has 0 atom stereocenters. The number of amides is 1. The van der Waals surface area contributed by atoms with E-state index in [2.05, 4.69) is 10.3 Å². The van der Waals surface area contributed by atoms with Gasteiger partial charge in [0, 0.05) is 31.1 Å². The van der Waals surface area contributed by atoms with E-state index in [4.69, 9.17) is 11.6 Å². The molecule has 2 rings (SSSR count). The Balaban J connectivity index is 1.88. The van der Waals surface area contributed by atoms with Crippen molar-refractivity contribution < 1.29 is 9.72 Å². The van der Waals surface area contributed by atoms with E-state index in [1.165, 1.54) is 24.5 Å². The molecule has 1 N–H and O–H groups in total. The molecule has 0 saturated carbocycles. The molecule has 0 fully saturated rings. The predicted octanol–water partition coefficient (Wildman–Crippen LogP) is 2.62. The van der Waals surface area contributed by atoms with E-state index in [1.807, 2.05) is 0 Å². The van der Waals surface area contributed by atoms with Crippen LogP contribution in [0.25, 0.3) is 0 Å². The Morgan fingerprint density at radius 1 is 1.29 bits per heavy atom. The molecule has 0 saturated heterocycles. The van der Waals surface area contributed by atoms with Crippen LogP contribution in [0.4, 0.5) is 5.69 Å². The maximum absolute atomic E-state index is 11.9. The molecule has 1 aromatic carbocycles. The summed E-state index contributed by atoms with van der Waals surface area (Å²) >= 11 is 5.87. The fraction of sp³-hybridized carbons (Fsp3) is 0.143. The molecule has 0 unspecified atom stereocenters. The van der Waals surface area contributed by atoms with Crippen molar-refractivity contribution in [3.05, 3.63) is 69.0 Å². The third kappa shape index (κ3) is 4.00. The van der Waals surface area contributed by atoms with Gasteiger partial charge >= 0.3 is 0 Å². The van der Waals surface area contributed by atoms with Crippen molar-refractivity contribution in [3.63, 3.8) is 0 Å². The summed E-state index contributed by atoms with van der Waals surface area (Å²) in [6.45, 7) is 0.412. The van der Waals surface area contributed by atoms with Gasteiger partial charge in [0.15, 0.2) is 0 Å². The molecule has 0 bridgehead atoms. The zero-order valence-electron chi connectivity index (χ0n) is 11.0. The van der Waals surface area contributed by atoms with Gasteiger partial charge in [-0.1, -0.05) is 23.7 Å². The molecule has 1 amide bonds. The highest BCUT2D eigenvalue weighted by molar-refractivity contribution is 6.33. The Hall–Kier alpha value is -2.47. The highest BCUT2D eigenvalue weighted by Gasteiger charge is 2.09. The van der Waals surface area contributed by atoms with Crippen molar-refractivity contribution in [2.45, 2.75) is 6.42 Å². The van der Waals surface area contributed by atoms with Crippen molar-refractivity contribution in [1.82, 2.24) is 10.3 Å². The van der Waals surface area contributed by atoms with Crippen molar-refractivity contribution in [2.75, 3.05) is 6.54 Å². The molecule has 1 heterocycles. The van der Waals surface area contributed by atoms with Crippen LogP contribution in [0, 0.1) is 10.1 Å². The van der Waals surface area contributed by atoms with E-state index < -0.39 is 4.92 Å². The molecule has 2 aromatic rings. The average Bonchev–Trinajstić information content (AvgIpc) is 2.48. The maximum Gasteiger partial charge on any atom is 0.269 e. The number of aromatic nitrogens is 1. The molecule has 6 nitrogen and oxygen atoms in total. The molecule has 7 heteroatoms. The lowest BCUT2D eigenvalue weighted by Gasteiger charge is -2.06. The molecule has 0 radical (unpaired) electrons. The summed E-state index contributed by atoms with van der Waals surface area (Å²) in [5.74, 6) is -0.274. The van der Waals surface area contributed by atoms with Crippen molar-refractivity contribution in [2.24, 2.45) is 0 Å². The van der Waals surface area contributed by atoms with Crippen LogP contribution in [-0.2, 0) is 6.42 Å². The molecular weight excluding hydrogens is 294 g/mol. The Bertz CT molecular complexity index is 659. The summed E-state index contributed by atoms with van der Waals surface area (Å²) in [6, 6.07) is 7.77. The number of nitrogens with one attached hydrogen (secondary N) is 1. The lowest BCUT2D eigenvalue weighted by atomic mass is 10.1. The number of nitro groups is 1. The van der Waals surface area contributed by atoms with Gasteiger partial charge in [0.25, 0.3) is 11.6 Å². The van der Waals surface area contributed by atoms with Gasteiger partial charge in [-0.05, 0) is 18.1 Å². The number of carbonyl (C=O) groups is 1. The van der Waals surface area contributed by atoms with Crippen LogP contribution in [0.1, 0.15) is 15.9 Å². The summed E-state index contributed by atoms with van der Waals surface area (Å²) < 4.78 is 0. The van der Waals surface area contributed by atoms with Crippen LogP contribution in [0.2, 0.25) is 5.02 Å². The first kappa shape index (κ1) is 14.9. The van der Waals surface area contributed by atoms with Crippen LogP contribution < -0.4 is 5.32 Å². The number of hydrogen-bond acceptors (Lipinski definition) is 4. The number of nitrogens with zero attached hydrogens (tertiary/aromatic N) is 2. The average molecular weight is 306 g/mol. The molecule has 21 heavy (non-hydrogen) atoms. The van der Waals surface area contributed by atoms with E-state index in [9.17, 15) is 14.9 Å². The number of non-ortho nitro benzene ring substituents is 1. The van der Waals surface area contributed by atoms with Crippen molar-refractivity contribution >= 4 is 23.2 Å². The molecule has 1 aromatic heterocycles. The van der Waals surface area contributed by atoms with Gasteiger partial charge in [0.1, 0.15) is 0 Å². The molecular formula is C14H12ClN3O3. The second kappa shape index (κ2) is 6.81. The van der Waals surface area contributed by atoms with Gasteiger partial charge in [-0.2, -0.15) is 0 Å². The van der Waals surface area contributed by atoms with Gasteiger partial charge < -0.3 is 5.32 Å². The summed E-state index contributed by atoms with van der Waals surface area (Å²) in [6.07, 6.45) is 3.48. The normalized spacial score (nSPS) is 10.1. The Morgan fingerprint density at radius 3 is 2.62 bits per heavy atom. The number of nitro benzene ring substituents is 1. The Morgan fingerprint density at radius 2 is 2.00 bits per heavy atom. The second-order valence-electron chi connectivity index (χ2n) is 4.28. The van der Waals surface area contributed by atoms with E-state index in [0.717, 1.165) is 5.56 Å². The fourth-order valence-electron chi connectivity index (χ4n) is 1.76. The summed E-state index contributed by atoms with van der Waals surface area (Å²) in [5.41, 5.74) is 1.32. The lowest BCUT2D eigenvalue weighted by molar-refractivity contribution is -0.384. The van der Waals surface area contributed by atoms with Crippen molar-refractivity contribution in [1.29, 1.82) is 0 Å². The highest BCUT2D eigenvalue weighted by atomic mass is 35.5. The van der Waals surface area contributed by atoms with Crippen LogP contribution in [0.5, 0.6) is 0 Å². The number of pyridine rings is 1. The van der Waals surface area contributed by atoms with Gasteiger partial charge in [-0.15, -0.1) is 0 Å². The van der Waals surface area contributed by atoms with Gasteiger partial charge in [-0.3, -0.25) is 19.9 Å². The Labute approximate surface area is 125 Å². The monoisotopic (exact) mass is 305 g/mol. The van der Waals surface area contributed by atoms with E-state index in [-0.39, 0.29) is 11.6 Å². The third-order valence-corrected chi connectivity index (χ3v) is 3.16. The SMILES string of the molecule is O=C(NCCc1ccc([N+](=O)[O-])cc1)c1ccncc1Cl. The van der Waals surface area contributed by atoms with Crippen LogP contribution in [-0.4, -0.2) is 22.4 Å². The van der Waals surface area contributed by atoms with E-state index >= 15 is 0 Å². The number of hydrogen-bond donors (Lipinski definition) is 1. The minimum absolute atomic E-state index is 0.0475. The van der Waals surface area contributed by atoms with E-state index in [0.29, 0.717) is 23.6 Å². The largest absolute Gasteiger partial charge is 0.352 e. The zero-order chi connectivity index (χ0) is 15.2. The van der Waals surface area contributed by atoms with Gasteiger partial charge in [-0.25, -0.2) is 0 Å². The molecule has 0 aliphatic heterocycles. The molecule has 0 aliphatic carbocycles. The maximum atomic E-state index is 11.9. The predicted molar refractivity (Wildman–Crippen MR) is 78.4 cm³/mol.